The second-order valence-corrected chi connectivity index (χ2v) is 4.42. The fourth-order valence-electron chi connectivity index (χ4n) is 2.00. The number of hydrogen-bond acceptors (Lipinski definition) is 1. The second-order valence-electron chi connectivity index (χ2n) is 4.42. The highest BCUT2D eigenvalue weighted by atomic mass is 14.6. The molecule has 13 heavy (non-hydrogen) atoms. The van der Waals surface area contributed by atoms with E-state index in [1.54, 1.807) is 0 Å². The van der Waals surface area contributed by atoms with Gasteiger partial charge < -0.3 is 5.73 Å². The van der Waals surface area contributed by atoms with Gasteiger partial charge in [0.25, 0.3) is 0 Å². The van der Waals surface area contributed by atoms with Crippen molar-refractivity contribution in [3.63, 3.8) is 0 Å². The molecule has 0 aromatic heterocycles. The Morgan fingerprint density at radius 3 is 2.69 bits per heavy atom. The molecule has 1 aromatic rings. The van der Waals surface area contributed by atoms with Crippen molar-refractivity contribution in [1.82, 2.24) is 0 Å². The quantitative estimate of drug-likeness (QED) is 0.641. The fraction of sp³-hybridized carbons (Fsp3) is 0.333. The van der Waals surface area contributed by atoms with Crippen LogP contribution < -0.4 is 5.73 Å². The Balaban J connectivity index is 2.55. The molecule has 1 aromatic carbocycles. The molecule has 0 fully saturated rings. The Labute approximate surface area is 79.3 Å². The van der Waals surface area contributed by atoms with Gasteiger partial charge in [-0.3, -0.25) is 0 Å². The summed E-state index contributed by atoms with van der Waals surface area (Å²) in [5.74, 6) is 0. The minimum Gasteiger partial charge on any atom is -0.398 e. The Morgan fingerprint density at radius 1 is 1.23 bits per heavy atom. The first-order valence-electron chi connectivity index (χ1n) is 4.65. The van der Waals surface area contributed by atoms with Gasteiger partial charge in [-0.1, -0.05) is 44.2 Å². The summed E-state index contributed by atoms with van der Waals surface area (Å²) in [4.78, 5) is 0. The van der Waals surface area contributed by atoms with Crippen LogP contribution in [0.15, 0.2) is 30.3 Å². The number of rotatable bonds is 0. The number of fused-ring (bicyclic) bond motifs is 1. The summed E-state index contributed by atoms with van der Waals surface area (Å²) in [6, 6.07) is 8.37. The lowest BCUT2D eigenvalue weighted by molar-refractivity contribution is 0.472. The van der Waals surface area contributed by atoms with Crippen molar-refractivity contribution < 1.29 is 0 Å². The van der Waals surface area contributed by atoms with Gasteiger partial charge in [-0.05, 0) is 17.4 Å². The van der Waals surface area contributed by atoms with Crippen molar-refractivity contribution in [1.29, 1.82) is 0 Å². The first-order chi connectivity index (χ1) is 6.08. The molecular formula is C12H15N. The Morgan fingerprint density at radius 2 is 1.92 bits per heavy atom. The predicted octanol–water partition coefficient (Wildman–Crippen LogP) is 2.57. The Hall–Kier alpha value is -1.24. The SMILES string of the molecule is CC1(C)C=C(N)c2ccccc2C1. The van der Waals surface area contributed by atoms with Crippen LogP contribution in [-0.2, 0) is 6.42 Å². The molecule has 68 valence electrons. The summed E-state index contributed by atoms with van der Waals surface area (Å²) in [6.07, 6.45) is 3.25. The monoisotopic (exact) mass is 173 g/mol. The molecule has 1 aliphatic rings. The third-order valence-corrected chi connectivity index (χ3v) is 2.52. The highest BCUT2D eigenvalue weighted by molar-refractivity contribution is 5.68. The van der Waals surface area contributed by atoms with E-state index in [0.29, 0.717) is 0 Å². The maximum Gasteiger partial charge on any atom is 0.0355 e. The zero-order valence-corrected chi connectivity index (χ0v) is 8.17. The van der Waals surface area contributed by atoms with Gasteiger partial charge in [0, 0.05) is 11.3 Å². The van der Waals surface area contributed by atoms with E-state index >= 15 is 0 Å². The van der Waals surface area contributed by atoms with Crippen molar-refractivity contribution in [2.24, 2.45) is 11.1 Å². The highest BCUT2D eigenvalue weighted by Crippen LogP contribution is 2.33. The van der Waals surface area contributed by atoms with Crippen LogP contribution in [0.2, 0.25) is 0 Å². The third-order valence-electron chi connectivity index (χ3n) is 2.52. The lowest BCUT2D eigenvalue weighted by Crippen LogP contribution is -2.20. The number of hydrogen-bond donors (Lipinski definition) is 1. The average Bonchev–Trinajstić information content (AvgIpc) is 2.02. The Bertz CT molecular complexity index is 361. The lowest BCUT2D eigenvalue weighted by atomic mass is 9.78. The topological polar surface area (TPSA) is 26.0 Å². The summed E-state index contributed by atoms with van der Waals surface area (Å²) in [5.41, 5.74) is 9.69. The predicted molar refractivity (Wildman–Crippen MR) is 56.1 cm³/mol. The molecular weight excluding hydrogens is 158 g/mol. The largest absolute Gasteiger partial charge is 0.398 e. The van der Waals surface area contributed by atoms with E-state index in [1.807, 2.05) is 6.07 Å². The Kier molecular flexibility index (Phi) is 1.69. The van der Waals surface area contributed by atoms with E-state index in [-0.39, 0.29) is 5.41 Å². The van der Waals surface area contributed by atoms with Crippen molar-refractivity contribution in [3.05, 3.63) is 41.5 Å². The van der Waals surface area contributed by atoms with Crippen molar-refractivity contribution >= 4 is 5.70 Å². The van der Waals surface area contributed by atoms with E-state index in [9.17, 15) is 0 Å². The molecule has 2 rings (SSSR count). The minimum atomic E-state index is 0.207. The van der Waals surface area contributed by atoms with Crippen LogP contribution in [-0.4, -0.2) is 0 Å². The summed E-state index contributed by atoms with van der Waals surface area (Å²) in [5, 5.41) is 0. The van der Waals surface area contributed by atoms with E-state index in [1.165, 1.54) is 11.1 Å². The molecule has 0 bridgehead atoms. The molecule has 0 unspecified atom stereocenters. The van der Waals surface area contributed by atoms with Gasteiger partial charge in [0.05, 0.1) is 0 Å². The molecule has 0 atom stereocenters. The van der Waals surface area contributed by atoms with Gasteiger partial charge in [0.2, 0.25) is 0 Å². The summed E-state index contributed by atoms with van der Waals surface area (Å²) >= 11 is 0. The number of allylic oxidation sites excluding steroid dienone is 1. The van der Waals surface area contributed by atoms with E-state index in [0.717, 1.165) is 12.1 Å². The molecule has 1 nitrogen and oxygen atoms in total. The van der Waals surface area contributed by atoms with Crippen molar-refractivity contribution in [2.45, 2.75) is 20.3 Å². The normalized spacial score (nSPS) is 19.1. The molecule has 2 N–H and O–H groups in total. The van der Waals surface area contributed by atoms with Crippen LogP contribution in [0.3, 0.4) is 0 Å². The van der Waals surface area contributed by atoms with Gasteiger partial charge in [0.1, 0.15) is 0 Å². The zero-order chi connectivity index (χ0) is 9.47. The molecule has 0 saturated carbocycles. The smallest absolute Gasteiger partial charge is 0.0355 e. The van der Waals surface area contributed by atoms with E-state index in [4.69, 9.17) is 5.73 Å². The van der Waals surface area contributed by atoms with Crippen LogP contribution in [0, 0.1) is 5.41 Å². The first kappa shape index (κ1) is 8.36. The van der Waals surface area contributed by atoms with Crippen molar-refractivity contribution in [3.8, 4) is 0 Å². The molecule has 0 heterocycles. The summed E-state index contributed by atoms with van der Waals surface area (Å²) < 4.78 is 0. The van der Waals surface area contributed by atoms with Gasteiger partial charge in [-0.2, -0.15) is 0 Å². The fourth-order valence-corrected chi connectivity index (χ4v) is 2.00. The van der Waals surface area contributed by atoms with Gasteiger partial charge in [-0.15, -0.1) is 0 Å². The van der Waals surface area contributed by atoms with E-state index in [2.05, 4.69) is 38.1 Å². The maximum absolute atomic E-state index is 5.98. The summed E-state index contributed by atoms with van der Waals surface area (Å²) in [6.45, 7) is 4.44. The van der Waals surface area contributed by atoms with Crippen LogP contribution in [0.5, 0.6) is 0 Å². The van der Waals surface area contributed by atoms with Crippen LogP contribution >= 0.6 is 0 Å². The van der Waals surface area contributed by atoms with Gasteiger partial charge >= 0.3 is 0 Å². The molecule has 0 saturated heterocycles. The molecule has 0 aliphatic heterocycles. The van der Waals surface area contributed by atoms with E-state index < -0.39 is 0 Å². The third kappa shape index (κ3) is 1.46. The highest BCUT2D eigenvalue weighted by Gasteiger charge is 2.23. The minimum absolute atomic E-state index is 0.207. The molecule has 0 amide bonds. The van der Waals surface area contributed by atoms with Crippen LogP contribution in [0.25, 0.3) is 5.70 Å². The summed E-state index contributed by atoms with van der Waals surface area (Å²) in [7, 11) is 0. The number of nitrogens with two attached hydrogens (primary N) is 1. The molecule has 1 heteroatoms. The molecule has 0 spiro atoms. The van der Waals surface area contributed by atoms with Gasteiger partial charge in [-0.25, -0.2) is 0 Å². The standard InChI is InChI=1S/C12H15N/c1-12(2)7-9-5-3-4-6-10(9)11(13)8-12/h3-6,8H,7,13H2,1-2H3. The second kappa shape index (κ2) is 2.63. The average molecular weight is 173 g/mol. The lowest BCUT2D eigenvalue weighted by Gasteiger charge is -2.28. The zero-order valence-electron chi connectivity index (χ0n) is 8.17. The molecule has 0 radical (unpaired) electrons. The van der Waals surface area contributed by atoms with Gasteiger partial charge in [0.15, 0.2) is 0 Å². The van der Waals surface area contributed by atoms with Crippen LogP contribution in [0.4, 0.5) is 0 Å². The first-order valence-corrected chi connectivity index (χ1v) is 4.65. The number of benzene rings is 1. The van der Waals surface area contributed by atoms with Crippen LogP contribution in [0.1, 0.15) is 25.0 Å². The maximum atomic E-state index is 5.98. The molecule has 1 aliphatic carbocycles. The van der Waals surface area contributed by atoms with Crippen molar-refractivity contribution in [2.75, 3.05) is 0 Å².